The quantitative estimate of drug-likeness (QED) is 0.354. The van der Waals surface area contributed by atoms with Crippen LogP contribution in [0, 0.1) is 6.92 Å². The van der Waals surface area contributed by atoms with Crippen LogP contribution in [0.15, 0.2) is 31.0 Å². The molecular weight excluding hydrogens is 504 g/mol. The molecule has 0 amide bonds. The fraction of sp³-hybridized carbons (Fsp3) is 0.400. The number of aryl methyl sites for hydroxylation is 1. The maximum atomic E-state index is 13.3. The third kappa shape index (κ3) is 5.62. The van der Waals surface area contributed by atoms with E-state index in [2.05, 4.69) is 25.1 Å². The standard InChI is InChI=1S/C20H23ClN6O5S2/c1-11-12(8-27-9-13(21)6-25-27)3-18(33-11)19(29)15-7-23-10-24-20(15)26-14-4-16(28)17(5-14)32-34(30,31)22-2/h3,6-7,9-10,14,16-17,22,28H,4-5,8H2,1-2H3,(H,23,24,26)/t14-,16+,17-/m1/s1. The van der Waals surface area contributed by atoms with Crippen molar-refractivity contribution in [3.8, 4) is 0 Å². The number of aromatic nitrogens is 4. The van der Waals surface area contributed by atoms with E-state index in [0.29, 0.717) is 22.3 Å². The Bertz CT molecular complexity index is 1290. The van der Waals surface area contributed by atoms with Gasteiger partial charge in [-0.05, 0) is 31.4 Å². The van der Waals surface area contributed by atoms with Crippen molar-refractivity contribution in [1.82, 2.24) is 24.5 Å². The molecule has 1 aliphatic carbocycles. The van der Waals surface area contributed by atoms with E-state index in [1.807, 2.05) is 13.0 Å². The number of carbonyl (C=O) groups excluding carboxylic acids is 1. The molecule has 0 saturated heterocycles. The summed E-state index contributed by atoms with van der Waals surface area (Å²) in [6.07, 6.45) is 4.57. The molecule has 1 fully saturated rings. The Hall–Kier alpha value is -2.42. The fourth-order valence-corrected chi connectivity index (χ4v) is 5.51. The van der Waals surface area contributed by atoms with Crippen LogP contribution in [0.1, 0.15) is 38.5 Å². The van der Waals surface area contributed by atoms with E-state index in [-0.39, 0.29) is 30.2 Å². The lowest BCUT2D eigenvalue weighted by Crippen LogP contribution is -2.31. The van der Waals surface area contributed by atoms with Crippen molar-refractivity contribution in [2.45, 2.75) is 44.6 Å². The monoisotopic (exact) mass is 526 g/mol. The number of hydrogen-bond donors (Lipinski definition) is 3. The summed E-state index contributed by atoms with van der Waals surface area (Å²) in [7, 11) is -2.71. The molecule has 0 aromatic carbocycles. The number of nitrogens with zero attached hydrogens (tertiary/aromatic N) is 4. The van der Waals surface area contributed by atoms with Crippen molar-refractivity contribution in [3.05, 3.63) is 56.9 Å². The molecule has 0 radical (unpaired) electrons. The summed E-state index contributed by atoms with van der Waals surface area (Å²) in [6, 6.07) is 1.47. The van der Waals surface area contributed by atoms with E-state index >= 15 is 0 Å². The summed E-state index contributed by atoms with van der Waals surface area (Å²) < 4.78 is 32.1. The van der Waals surface area contributed by atoms with Gasteiger partial charge < -0.3 is 10.4 Å². The number of nitrogens with one attached hydrogen (secondary N) is 2. The van der Waals surface area contributed by atoms with E-state index in [9.17, 15) is 18.3 Å². The van der Waals surface area contributed by atoms with E-state index in [0.717, 1.165) is 10.4 Å². The van der Waals surface area contributed by atoms with Crippen LogP contribution in [0.2, 0.25) is 5.02 Å². The van der Waals surface area contributed by atoms with Crippen LogP contribution in [0.4, 0.5) is 5.82 Å². The third-order valence-electron chi connectivity index (χ3n) is 5.45. The van der Waals surface area contributed by atoms with Crippen molar-refractivity contribution < 1.29 is 22.5 Å². The largest absolute Gasteiger partial charge is 0.390 e. The number of ketones is 1. The molecule has 0 spiro atoms. The van der Waals surface area contributed by atoms with E-state index in [4.69, 9.17) is 15.8 Å². The normalized spacial score (nSPS) is 20.5. The average Bonchev–Trinajstić information content (AvgIpc) is 3.47. The average molecular weight is 527 g/mol. The molecule has 3 aromatic rings. The molecule has 11 nitrogen and oxygen atoms in total. The first-order valence-electron chi connectivity index (χ1n) is 10.3. The van der Waals surface area contributed by atoms with E-state index in [1.54, 1.807) is 17.1 Å². The summed E-state index contributed by atoms with van der Waals surface area (Å²) in [5.41, 5.74) is 1.23. The minimum Gasteiger partial charge on any atom is -0.390 e. The van der Waals surface area contributed by atoms with Gasteiger partial charge in [-0.1, -0.05) is 11.6 Å². The van der Waals surface area contributed by atoms with Gasteiger partial charge in [-0.25, -0.2) is 9.97 Å². The van der Waals surface area contributed by atoms with Gasteiger partial charge in [0.2, 0.25) is 5.78 Å². The van der Waals surface area contributed by atoms with Crippen molar-refractivity contribution >= 4 is 44.8 Å². The van der Waals surface area contributed by atoms with Crippen molar-refractivity contribution in [3.63, 3.8) is 0 Å². The molecule has 14 heteroatoms. The minimum absolute atomic E-state index is 0.217. The number of hydrogen-bond acceptors (Lipinski definition) is 10. The highest BCUT2D eigenvalue weighted by Gasteiger charge is 2.37. The van der Waals surface area contributed by atoms with Crippen LogP contribution in [0.3, 0.4) is 0 Å². The Kier molecular flexibility index (Phi) is 7.31. The minimum atomic E-state index is -3.94. The number of aliphatic hydroxyl groups excluding tert-OH is 1. The van der Waals surface area contributed by atoms with E-state index < -0.39 is 22.5 Å². The fourth-order valence-electron chi connectivity index (χ4n) is 3.73. The Morgan fingerprint density at radius 1 is 1.38 bits per heavy atom. The van der Waals surface area contributed by atoms with Crippen LogP contribution in [0.25, 0.3) is 0 Å². The number of thiophene rings is 1. The topological polar surface area (TPSA) is 148 Å². The Morgan fingerprint density at radius 3 is 2.88 bits per heavy atom. The van der Waals surface area contributed by atoms with Crippen molar-refractivity contribution in [1.29, 1.82) is 0 Å². The smallest absolute Gasteiger partial charge is 0.335 e. The zero-order valence-corrected chi connectivity index (χ0v) is 20.7. The number of rotatable bonds is 9. The first-order valence-corrected chi connectivity index (χ1v) is 12.9. The van der Waals surface area contributed by atoms with Gasteiger partial charge >= 0.3 is 10.3 Å². The highest BCUT2D eigenvalue weighted by atomic mass is 35.5. The number of halogens is 1. The summed E-state index contributed by atoms with van der Waals surface area (Å²) in [6.45, 7) is 2.41. The molecule has 3 atom stereocenters. The number of aliphatic hydroxyl groups is 1. The maximum absolute atomic E-state index is 13.3. The molecule has 1 aliphatic rings. The highest BCUT2D eigenvalue weighted by Crippen LogP contribution is 2.30. The molecule has 1 saturated carbocycles. The zero-order valence-electron chi connectivity index (χ0n) is 18.3. The van der Waals surface area contributed by atoms with Gasteiger partial charge in [0.25, 0.3) is 0 Å². The van der Waals surface area contributed by atoms with Crippen molar-refractivity contribution in [2.24, 2.45) is 0 Å². The maximum Gasteiger partial charge on any atom is 0.335 e. The molecule has 34 heavy (non-hydrogen) atoms. The second kappa shape index (κ2) is 10.1. The Labute approximate surface area is 205 Å². The third-order valence-corrected chi connectivity index (χ3v) is 7.74. The Balaban J connectivity index is 1.49. The predicted molar refractivity (Wildman–Crippen MR) is 126 cm³/mol. The molecular formula is C20H23ClN6O5S2. The summed E-state index contributed by atoms with van der Waals surface area (Å²) in [5, 5.41) is 18.1. The lowest BCUT2D eigenvalue weighted by Gasteiger charge is -2.15. The first-order chi connectivity index (χ1) is 16.1. The second-order valence-corrected chi connectivity index (χ2v) is 11.0. The summed E-state index contributed by atoms with van der Waals surface area (Å²) in [4.78, 5) is 23.0. The lowest BCUT2D eigenvalue weighted by atomic mass is 10.1. The van der Waals surface area contributed by atoms with Crippen LogP contribution in [-0.4, -0.2) is 64.4 Å². The summed E-state index contributed by atoms with van der Waals surface area (Å²) >= 11 is 7.30. The molecule has 3 N–H and O–H groups in total. The number of anilines is 1. The van der Waals surface area contributed by atoms with Crippen molar-refractivity contribution in [2.75, 3.05) is 12.4 Å². The second-order valence-electron chi connectivity index (χ2n) is 7.84. The molecule has 4 rings (SSSR count). The molecule has 3 heterocycles. The van der Waals surface area contributed by atoms with Crippen LogP contribution in [0.5, 0.6) is 0 Å². The Morgan fingerprint density at radius 2 is 2.18 bits per heavy atom. The molecule has 0 unspecified atom stereocenters. The number of carbonyl (C=O) groups is 1. The summed E-state index contributed by atoms with van der Waals surface area (Å²) in [5.74, 6) is 0.0610. The highest BCUT2D eigenvalue weighted by molar-refractivity contribution is 7.84. The zero-order chi connectivity index (χ0) is 24.5. The van der Waals surface area contributed by atoms with Crippen LogP contribution in [-0.2, 0) is 21.0 Å². The van der Waals surface area contributed by atoms with E-state index in [1.165, 1.54) is 30.9 Å². The van der Waals surface area contributed by atoms with Gasteiger partial charge in [-0.2, -0.15) is 18.2 Å². The molecule has 3 aromatic heterocycles. The van der Waals surface area contributed by atoms with Crippen LogP contribution < -0.4 is 10.0 Å². The molecule has 0 bridgehead atoms. The van der Waals surface area contributed by atoms with Gasteiger partial charge in [0.05, 0.1) is 34.3 Å². The molecule has 182 valence electrons. The van der Waals surface area contributed by atoms with Gasteiger partial charge in [0, 0.05) is 30.4 Å². The van der Waals surface area contributed by atoms with Gasteiger partial charge in [0.1, 0.15) is 18.2 Å². The first kappa shape index (κ1) is 24.7. The van der Waals surface area contributed by atoms with Crippen LogP contribution >= 0.6 is 22.9 Å². The lowest BCUT2D eigenvalue weighted by molar-refractivity contribution is 0.0636. The molecule has 0 aliphatic heterocycles. The van der Waals surface area contributed by atoms with Gasteiger partial charge in [-0.15, -0.1) is 11.3 Å². The predicted octanol–water partition coefficient (Wildman–Crippen LogP) is 1.76. The SMILES string of the molecule is CNS(=O)(=O)O[C@@H]1C[C@H](Nc2ncncc2C(=O)c2cc(Cn3cc(Cl)cn3)c(C)s2)C[C@@H]1O. The van der Waals surface area contributed by atoms with Gasteiger partial charge in [-0.3, -0.25) is 13.7 Å². The van der Waals surface area contributed by atoms with Gasteiger partial charge in [0.15, 0.2) is 0 Å².